The van der Waals surface area contributed by atoms with Crippen molar-refractivity contribution in [3.8, 4) is 45.0 Å². The number of pyridine rings is 3. The Morgan fingerprint density at radius 1 is 0.494 bits per heavy atom. The summed E-state index contributed by atoms with van der Waals surface area (Å²) in [6.07, 6.45) is 9.78. The molecule has 81 heavy (non-hydrogen) atoms. The van der Waals surface area contributed by atoms with E-state index in [-0.39, 0.29) is 28.4 Å². The van der Waals surface area contributed by atoms with Crippen LogP contribution in [0.3, 0.4) is 0 Å². The van der Waals surface area contributed by atoms with Crippen LogP contribution < -0.4 is 15.8 Å². The fraction of sp³-hybridized carbons (Fsp3) is 0.203. The van der Waals surface area contributed by atoms with Crippen molar-refractivity contribution in [2.75, 3.05) is 4.90 Å². The van der Waals surface area contributed by atoms with Crippen LogP contribution in [0, 0.1) is 0 Å². The van der Waals surface area contributed by atoms with Gasteiger partial charge in [-0.15, -0.1) is 0 Å². The third-order valence-electron chi connectivity index (χ3n) is 19.3. The first-order valence-corrected chi connectivity index (χ1v) is 29.0. The lowest BCUT2D eigenvalue weighted by molar-refractivity contribution is 0.332. The first-order valence-electron chi connectivity index (χ1n) is 29.0. The molecule has 12 aromatic rings. The molecule has 7 heteroatoms. The Labute approximate surface area is 474 Å². The van der Waals surface area contributed by atoms with E-state index in [1.54, 1.807) is 0 Å². The van der Waals surface area contributed by atoms with E-state index in [2.05, 4.69) is 250 Å². The molecule has 0 fully saturated rings. The molecular formula is C74H63BN6. The predicted octanol–water partition coefficient (Wildman–Crippen LogP) is 17.0. The van der Waals surface area contributed by atoms with Gasteiger partial charge in [-0.05, 0) is 164 Å². The number of fused-ring (bicyclic) bond motifs is 13. The van der Waals surface area contributed by atoms with Crippen molar-refractivity contribution in [3.63, 3.8) is 0 Å². The summed E-state index contributed by atoms with van der Waals surface area (Å²) in [5.41, 5.74) is 27.7. The predicted molar refractivity (Wildman–Crippen MR) is 339 cm³/mol. The molecule has 392 valence electrons. The summed E-state index contributed by atoms with van der Waals surface area (Å²) in [6.45, 7) is 21.8. The molecule has 16 rings (SSSR count). The van der Waals surface area contributed by atoms with E-state index >= 15 is 0 Å². The molecule has 0 saturated carbocycles. The third kappa shape index (κ3) is 6.78. The second-order valence-corrected chi connectivity index (χ2v) is 26.3. The van der Waals surface area contributed by atoms with Crippen molar-refractivity contribution in [2.45, 2.75) is 96.8 Å². The minimum atomic E-state index is -0.330. The molecule has 0 amide bonds. The zero-order valence-corrected chi connectivity index (χ0v) is 47.7. The van der Waals surface area contributed by atoms with Gasteiger partial charge in [-0.2, -0.15) is 0 Å². The zero-order valence-electron chi connectivity index (χ0n) is 47.7. The van der Waals surface area contributed by atoms with E-state index in [4.69, 9.17) is 4.98 Å². The van der Waals surface area contributed by atoms with E-state index in [1.807, 2.05) is 30.9 Å². The van der Waals surface area contributed by atoms with Gasteiger partial charge in [0.2, 0.25) is 6.71 Å². The van der Waals surface area contributed by atoms with Crippen LogP contribution in [0.25, 0.3) is 94.3 Å². The van der Waals surface area contributed by atoms with Gasteiger partial charge in [-0.25, -0.2) is 4.98 Å². The fourth-order valence-electron chi connectivity index (χ4n) is 15.1. The maximum atomic E-state index is 5.38. The molecule has 0 radical (unpaired) electrons. The van der Waals surface area contributed by atoms with Gasteiger partial charge in [-0.1, -0.05) is 147 Å². The van der Waals surface area contributed by atoms with E-state index in [0.717, 1.165) is 52.2 Å². The second kappa shape index (κ2) is 16.6. The average Bonchev–Trinajstić information content (AvgIpc) is 4.27. The largest absolute Gasteiger partial charge is 0.311 e. The summed E-state index contributed by atoms with van der Waals surface area (Å²) >= 11 is 0. The number of nitrogens with zero attached hydrogens (tertiary/aromatic N) is 6. The number of hydrogen-bond donors (Lipinski definition) is 0. The first kappa shape index (κ1) is 48.1. The molecule has 2 aliphatic carbocycles. The fourth-order valence-corrected chi connectivity index (χ4v) is 15.1. The number of hydrogen-bond acceptors (Lipinski definition) is 4. The number of allylic oxidation sites excluding steroid dienone is 1. The number of para-hydroxylation sites is 3. The Kier molecular flexibility index (Phi) is 9.89. The molecule has 0 spiro atoms. The molecule has 0 N–H and O–H groups in total. The van der Waals surface area contributed by atoms with Crippen molar-refractivity contribution in [3.05, 3.63) is 228 Å². The lowest BCUT2D eigenvalue weighted by Gasteiger charge is -2.45. The van der Waals surface area contributed by atoms with Crippen molar-refractivity contribution >= 4 is 78.3 Å². The highest BCUT2D eigenvalue weighted by molar-refractivity contribution is 6.96. The minimum Gasteiger partial charge on any atom is -0.311 e. The molecular weight excluding hydrogens is 984 g/mol. The lowest BCUT2D eigenvalue weighted by Crippen LogP contribution is -2.56. The highest BCUT2D eigenvalue weighted by atomic mass is 15.2. The molecule has 4 aliphatic rings. The van der Waals surface area contributed by atoms with Gasteiger partial charge in [0.15, 0.2) is 0 Å². The lowest BCUT2D eigenvalue weighted by atomic mass is 9.30. The van der Waals surface area contributed by atoms with E-state index < -0.39 is 0 Å². The van der Waals surface area contributed by atoms with Crippen molar-refractivity contribution < 1.29 is 0 Å². The number of anilines is 2. The van der Waals surface area contributed by atoms with E-state index in [1.165, 1.54) is 111 Å². The van der Waals surface area contributed by atoms with Gasteiger partial charge in [0.05, 0.1) is 27.9 Å². The quantitative estimate of drug-likeness (QED) is 0.161. The normalized spacial score (nSPS) is 16.3. The summed E-state index contributed by atoms with van der Waals surface area (Å²) < 4.78 is 5.16. The summed E-state index contributed by atoms with van der Waals surface area (Å²) in [6, 6.07) is 64.7. The van der Waals surface area contributed by atoms with Gasteiger partial charge < -0.3 is 14.0 Å². The zero-order chi connectivity index (χ0) is 55.1. The van der Waals surface area contributed by atoms with E-state index in [0.29, 0.717) is 0 Å². The van der Waals surface area contributed by atoms with Crippen LogP contribution in [0.1, 0.15) is 103 Å². The maximum absolute atomic E-state index is 5.38. The molecule has 7 aromatic carbocycles. The topological polar surface area (TPSA) is 51.8 Å². The molecule has 0 saturated heterocycles. The average molecular weight is 1050 g/mol. The number of aromatic nitrogens is 5. The molecule has 6 nitrogen and oxygen atoms in total. The molecule has 5 aromatic heterocycles. The van der Waals surface area contributed by atoms with Crippen LogP contribution in [-0.4, -0.2) is 30.8 Å². The van der Waals surface area contributed by atoms with Gasteiger partial charge in [0.1, 0.15) is 0 Å². The Bertz CT molecular complexity index is 4650. The molecule has 2 aliphatic heterocycles. The minimum absolute atomic E-state index is 0.00801. The highest BCUT2D eigenvalue weighted by Gasteiger charge is 2.53. The number of benzene rings is 7. The van der Waals surface area contributed by atoms with Crippen LogP contribution in [0.15, 0.2) is 200 Å². The van der Waals surface area contributed by atoms with Crippen molar-refractivity contribution in [1.82, 2.24) is 24.1 Å². The first-order chi connectivity index (χ1) is 39.1. The van der Waals surface area contributed by atoms with Crippen LogP contribution >= 0.6 is 0 Å². The molecule has 7 heterocycles. The smallest absolute Gasteiger partial charge is 0.248 e. The SMILES string of the molecule is CC(C)(C)c1ccc2c(c1)C1=C(B3c4c(cc(-c5cc(-c6ccncc6)nc(-c6cccnc6)c5)cc4-n4c5c3cccc5c3ccc5c(c6ccccc6n5-c5ccccc5)c34)N1c1ccc3c(c1)C(C)(C)CCC3(C)C)C2(C)C. The maximum Gasteiger partial charge on any atom is 0.248 e. The van der Waals surface area contributed by atoms with Crippen molar-refractivity contribution in [2.24, 2.45) is 0 Å². The van der Waals surface area contributed by atoms with Crippen LogP contribution in [-0.2, 0) is 21.7 Å². The highest BCUT2D eigenvalue weighted by Crippen LogP contribution is 2.58. The van der Waals surface area contributed by atoms with Gasteiger partial charge in [0, 0.05) is 102 Å². The molecule has 0 unspecified atom stereocenters. The van der Waals surface area contributed by atoms with Gasteiger partial charge in [0.25, 0.3) is 0 Å². The Balaban J connectivity index is 1.10. The molecule has 0 atom stereocenters. The van der Waals surface area contributed by atoms with Crippen LogP contribution in [0.5, 0.6) is 0 Å². The van der Waals surface area contributed by atoms with Gasteiger partial charge >= 0.3 is 0 Å². The summed E-state index contributed by atoms with van der Waals surface area (Å²) in [7, 11) is 0. The van der Waals surface area contributed by atoms with Crippen molar-refractivity contribution in [1.29, 1.82) is 0 Å². The Morgan fingerprint density at radius 3 is 1.98 bits per heavy atom. The second-order valence-electron chi connectivity index (χ2n) is 26.3. The Morgan fingerprint density at radius 2 is 1.20 bits per heavy atom. The summed E-state index contributed by atoms with van der Waals surface area (Å²) in [4.78, 5) is 17.2. The standard InChI is InChI=1S/C74H63BN6/c1-71(2,3)48-24-27-55-54(41-48)69-70(74(55,8)9)75-58-22-15-21-51-52-26-29-62-65(53-20-13-14-23-61(53)79(62)49-18-11-10-12-19-49)68(52)81(67(51)58)64-40-47(46-37-59(44-30-35-76-36-31-44)78-60(38-46)45-17-16-34-77-43-45)39-63(66(64)75)80(69)50-25-28-56-57(42-50)73(6,7)33-32-72(56,4)5/h10-31,34-43H,32-33H2,1-9H3. The Hall–Kier alpha value is -8.81. The summed E-state index contributed by atoms with van der Waals surface area (Å²) in [5, 5.41) is 5.02. The monoisotopic (exact) mass is 1050 g/mol. The van der Waals surface area contributed by atoms with E-state index in [9.17, 15) is 0 Å². The van der Waals surface area contributed by atoms with Crippen LogP contribution in [0.4, 0.5) is 11.4 Å². The third-order valence-corrected chi connectivity index (χ3v) is 19.3. The number of rotatable bonds is 5. The van der Waals surface area contributed by atoms with Crippen LogP contribution in [0.2, 0.25) is 0 Å². The molecule has 0 bridgehead atoms. The summed E-state index contributed by atoms with van der Waals surface area (Å²) in [5.74, 6) is 0. The van der Waals surface area contributed by atoms with Gasteiger partial charge in [-0.3, -0.25) is 9.97 Å².